The van der Waals surface area contributed by atoms with Crippen LogP contribution in [-0.2, 0) is 23.9 Å². The molecule has 2 heterocycles. The van der Waals surface area contributed by atoms with Crippen LogP contribution in [0, 0.1) is 11.8 Å². The topological polar surface area (TPSA) is 143 Å². The molecule has 4 amide bonds. The molecule has 198 valence electrons. The Morgan fingerprint density at radius 2 is 1.80 bits per heavy atom. The van der Waals surface area contributed by atoms with Crippen molar-refractivity contribution in [2.45, 2.75) is 90.5 Å². The predicted octanol–water partition coefficient (Wildman–Crippen LogP) is 1.74. The summed E-state index contributed by atoms with van der Waals surface area (Å²) in [5.41, 5.74) is -0.581. The van der Waals surface area contributed by atoms with Crippen LogP contribution in [0.4, 0.5) is 9.59 Å². The zero-order chi connectivity index (χ0) is 26.2. The number of alkyl carbamates (subject to hydrolysis) is 1. The number of nitrogens with zero attached hydrogens (tertiary/aromatic N) is 1. The van der Waals surface area contributed by atoms with Crippen molar-refractivity contribution in [3.05, 3.63) is 0 Å². The SMILES string of the molecule is CC(C)CC(NC(=O)OC1CCN(C(=O)OC(C)(C)C)CC1)C(=O)NC(C=O)CC1CCNC1=O. The number of hydrogen-bond donors (Lipinski definition) is 3. The minimum atomic E-state index is -0.885. The molecule has 0 aromatic rings. The van der Waals surface area contributed by atoms with Crippen molar-refractivity contribution in [3.63, 3.8) is 0 Å². The van der Waals surface area contributed by atoms with Crippen molar-refractivity contribution >= 4 is 30.3 Å². The van der Waals surface area contributed by atoms with Crippen LogP contribution in [-0.4, -0.2) is 78.6 Å². The second-order valence-corrected chi connectivity index (χ2v) is 10.7. The van der Waals surface area contributed by atoms with E-state index in [-0.39, 0.29) is 30.3 Å². The van der Waals surface area contributed by atoms with Crippen LogP contribution in [0.2, 0.25) is 0 Å². The van der Waals surface area contributed by atoms with Gasteiger partial charge in [-0.2, -0.15) is 0 Å². The molecule has 0 aromatic heterocycles. The van der Waals surface area contributed by atoms with E-state index in [1.54, 1.807) is 25.7 Å². The van der Waals surface area contributed by atoms with Gasteiger partial charge in [0.2, 0.25) is 11.8 Å². The fraction of sp³-hybridized carbons (Fsp3) is 0.792. The smallest absolute Gasteiger partial charge is 0.410 e. The minimum absolute atomic E-state index is 0.0957. The molecule has 2 aliphatic heterocycles. The summed E-state index contributed by atoms with van der Waals surface area (Å²) in [6.45, 7) is 10.6. The van der Waals surface area contributed by atoms with E-state index in [4.69, 9.17) is 9.47 Å². The Morgan fingerprint density at radius 1 is 1.14 bits per heavy atom. The van der Waals surface area contributed by atoms with E-state index >= 15 is 0 Å². The molecule has 0 saturated carbocycles. The van der Waals surface area contributed by atoms with Crippen LogP contribution in [0.3, 0.4) is 0 Å². The number of nitrogens with one attached hydrogen (secondary N) is 3. The zero-order valence-electron chi connectivity index (χ0n) is 21.4. The molecule has 2 fully saturated rings. The van der Waals surface area contributed by atoms with Gasteiger partial charge in [-0.05, 0) is 46.0 Å². The molecule has 0 spiro atoms. The molecule has 35 heavy (non-hydrogen) atoms. The Labute approximate surface area is 207 Å². The zero-order valence-corrected chi connectivity index (χ0v) is 21.4. The van der Waals surface area contributed by atoms with Gasteiger partial charge < -0.3 is 35.1 Å². The van der Waals surface area contributed by atoms with Crippen LogP contribution >= 0.6 is 0 Å². The molecular weight excluding hydrogens is 456 g/mol. The maximum absolute atomic E-state index is 12.9. The van der Waals surface area contributed by atoms with Crippen LogP contribution in [0.5, 0.6) is 0 Å². The van der Waals surface area contributed by atoms with E-state index in [0.29, 0.717) is 51.6 Å². The van der Waals surface area contributed by atoms with Gasteiger partial charge in [-0.1, -0.05) is 13.8 Å². The number of amides is 4. The summed E-state index contributed by atoms with van der Waals surface area (Å²) in [7, 11) is 0. The van der Waals surface area contributed by atoms with Gasteiger partial charge in [0, 0.05) is 38.4 Å². The normalized spacial score (nSPS) is 20.6. The van der Waals surface area contributed by atoms with Crippen LogP contribution in [0.1, 0.15) is 66.7 Å². The summed E-state index contributed by atoms with van der Waals surface area (Å²) in [5, 5.41) is 7.98. The quantitative estimate of drug-likeness (QED) is 0.413. The number of rotatable bonds is 9. The molecule has 0 bridgehead atoms. The molecule has 0 aromatic carbocycles. The first-order valence-corrected chi connectivity index (χ1v) is 12.4. The first kappa shape index (κ1) is 28.4. The van der Waals surface area contributed by atoms with Gasteiger partial charge in [0.1, 0.15) is 24.0 Å². The van der Waals surface area contributed by atoms with E-state index in [9.17, 15) is 24.0 Å². The maximum atomic E-state index is 12.9. The fourth-order valence-corrected chi connectivity index (χ4v) is 4.12. The summed E-state index contributed by atoms with van der Waals surface area (Å²) in [6, 6.07) is -1.70. The number of ether oxygens (including phenoxy) is 2. The molecule has 2 saturated heterocycles. The lowest BCUT2D eigenvalue weighted by Crippen LogP contribution is -2.52. The monoisotopic (exact) mass is 496 g/mol. The van der Waals surface area contributed by atoms with E-state index in [1.807, 2.05) is 13.8 Å². The van der Waals surface area contributed by atoms with E-state index in [2.05, 4.69) is 16.0 Å². The second-order valence-electron chi connectivity index (χ2n) is 10.7. The van der Waals surface area contributed by atoms with E-state index < -0.39 is 35.8 Å². The van der Waals surface area contributed by atoms with Gasteiger partial charge in [0.25, 0.3) is 0 Å². The van der Waals surface area contributed by atoms with Crippen molar-refractivity contribution in [2.75, 3.05) is 19.6 Å². The molecule has 2 aliphatic rings. The highest BCUT2D eigenvalue weighted by molar-refractivity contribution is 5.88. The maximum Gasteiger partial charge on any atom is 0.410 e. The van der Waals surface area contributed by atoms with Crippen molar-refractivity contribution < 1.29 is 33.4 Å². The molecule has 3 unspecified atom stereocenters. The summed E-state index contributed by atoms with van der Waals surface area (Å²) < 4.78 is 10.9. The summed E-state index contributed by atoms with van der Waals surface area (Å²) >= 11 is 0. The Morgan fingerprint density at radius 3 is 2.31 bits per heavy atom. The Kier molecular flexibility index (Phi) is 10.3. The minimum Gasteiger partial charge on any atom is -0.446 e. The van der Waals surface area contributed by atoms with E-state index in [1.165, 1.54) is 0 Å². The number of carbonyl (C=O) groups is 5. The fourth-order valence-electron chi connectivity index (χ4n) is 4.12. The molecule has 11 heteroatoms. The molecule has 11 nitrogen and oxygen atoms in total. The third-order valence-electron chi connectivity index (χ3n) is 5.88. The molecule has 0 radical (unpaired) electrons. The van der Waals surface area contributed by atoms with Crippen molar-refractivity contribution in [3.8, 4) is 0 Å². The summed E-state index contributed by atoms with van der Waals surface area (Å²) in [6.07, 6.45) is 1.23. The largest absolute Gasteiger partial charge is 0.446 e. The van der Waals surface area contributed by atoms with Crippen LogP contribution < -0.4 is 16.0 Å². The number of piperidine rings is 1. The van der Waals surface area contributed by atoms with Gasteiger partial charge >= 0.3 is 12.2 Å². The summed E-state index contributed by atoms with van der Waals surface area (Å²) in [5.74, 6) is -0.841. The molecule has 3 atom stereocenters. The van der Waals surface area contributed by atoms with Crippen LogP contribution in [0.25, 0.3) is 0 Å². The first-order chi connectivity index (χ1) is 16.4. The molecule has 3 N–H and O–H groups in total. The highest BCUT2D eigenvalue weighted by Gasteiger charge is 2.32. The first-order valence-electron chi connectivity index (χ1n) is 12.4. The Hall–Kier alpha value is -2.85. The standard InChI is InChI=1S/C24H40N4O7/c1-15(2)12-19(21(31)26-17(14-29)13-16-6-9-25-20(16)30)27-22(32)34-18-7-10-28(11-8-18)23(33)35-24(3,4)5/h14-19H,6-13H2,1-5H3,(H,25,30)(H,26,31)(H,27,32). The molecular formula is C24H40N4O7. The molecule has 2 rings (SSSR count). The summed E-state index contributed by atoms with van der Waals surface area (Å²) in [4.78, 5) is 62.5. The lowest BCUT2D eigenvalue weighted by atomic mass is 9.98. The Balaban J connectivity index is 1.85. The van der Waals surface area contributed by atoms with E-state index in [0.717, 1.165) is 0 Å². The van der Waals surface area contributed by atoms with Crippen molar-refractivity contribution in [2.24, 2.45) is 11.8 Å². The third kappa shape index (κ3) is 9.73. The highest BCUT2D eigenvalue weighted by Crippen LogP contribution is 2.18. The number of likely N-dealkylation sites (tertiary alicyclic amines) is 1. The van der Waals surface area contributed by atoms with Crippen molar-refractivity contribution in [1.29, 1.82) is 0 Å². The lowest BCUT2D eigenvalue weighted by molar-refractivity contribution is -0.127. The van der Waals surface area contributed by atoms with Gasteiger partial charge in [-0.25, -0.2) is 9.59 Å². The highest BCUT2D eigenvalue weighted by atomic mass is 16.6. The average molecular weight is 497 g/mol. The number of aldehydes is 1. The Bertz CT molecular complexity index is 772. The lowest BCUT2D eigenvalue weighted by Gasteiger charge is -2.33. The third-order valence-corrected chi connectivity index (χ3v) is 5.88. The second kappa shape index (κ2) is 12.7. The van der Waals surface area contributed by atoms with Crippen molar-refractivity contribution in [1.82, 2.24) is 20.9 Å². The van der Waals surface area contributed by atoms with Crippen LogP contribution in [0.15, 0.2) is 0 Å². The van der Waals surface area contributed by atoms with Gasteiger partial charge in [0.15, 0.2) is 0 Å². The van der Waals surface area contributed by atoms with Gasteiger partial charge in [-0.15, -0.1) is 0 Å². The van der Waals surface area contributed by atoms with Gasteiger partial charge in [-0.3, -0.25) is 9.59 Å². The molecule has 0 aliphatic carbocycles. The van der Waals surface area contributed by atoms with Gasteiger partial charge in [0.05, 0.1) is 6.04 Å². The number of carbonyl (C=O) groups excluding carboxylic acids is 5. The number of hydrogen-bond acceptors (Lipinski definition) is 7. The predicted molar refractivity (Wildman–Crippen MR) is 127 cm³/mol. The average Bonchev–Trinajstić information content (AvgIpc) is 3.15.